The summed E-state index contributed by atoms with van der Waals surface area (Å²) in [5.41, 5.74) is 1.56. The molecule has 1 atom stereocenters. The lowest BCUT2D eigenvalue weighted by Gasteiger charge is -2.33. The van der Waals surface area contributed by atoms with E-state index in [-0.39, 0.29) is 18.1 Å². The molecule has 0 saturated carbocycles. The molecule has 1 fully saturated rings. The Bertz CT molecular complexity index is 920. The van der Waals surface area contributed by atoms with Crippen LogP contribution in [-0.2, 0) is 16.0 Å². The number of ether oxygens (including phenoxy) is 1. The van der Waals surface area contributed by atoms with E-state index in [4.69, 9.17) is 9.15 Å². The Morgan fingerprint density at radius 1 is 1.44 bits per heavy atom. The smallest absolute Gasteiger partial charge is 0.241 e. The number of fused-ring (bicyclic) bond motifs is 1. The number of aryl methyl sites for hydroxylation is 1. The molecule has 0 aliphatic carbocycles. The lowest BCUT2D eigenvalue weighted by Crippen LogP contribution is -2.44. The minimum Gasteiger partial charge on any atom is -0.423 e. The molecule has 7 nitrogen and oxygen atoms in total. The first-order valence-electron chi connectivity index (χ1n) is 8.04. The number of hydrogen-bond acceptors (Lipinski definition) is 5. The van der Waals surface area contributed by atoms with Crippen LogP contribution in [0.3, 0.4) is 0 Å². The standard InChI is InChI=1S/C17H17FN4O3/c1-10-20-21-17(25-10)15-9-24-5-4-22(15)16(23)6-11-8-19-14-3-2-12(18)7-13(11)14/h2-3,7-8,15,19H,4-6,9H2,1H3/t15-/m1/s1. The predicted octanol–water partition coefficient (Wildman–Crippen LogP) is 2.14. The van der Waals surface area contributed by atoms with Crippen LogP contribution in [0.2, 0.25) is 0 Å². The summed E-state index contributed by atoms with van der Waals surface area (Å²) in [6, 6.07) is 4.09. The summed E-state index contributed by atoms with van der Waals surface area (Å²) in [4.78, 5) is 17.6. The van der Waals surface area contributed by atoms with E-state index in [1.807, 2.05) is 0 Å². The van der Waals surface area contributed by atoms with Crippen LogP contribution in [0.1, 0.15) is 23.4 Å². The van der Waals surface area contributed by atoms with Gasteiger partial charge in [0.15, 0.2) is 0 Å². The summed E-state index contributed by atoms with van der Waals surface area (Å²) < 4.78 is 24.5. The highest BCUT2D eigenvalue weighted by atomic mass is 19.1. The first-order chi connectivity index (χ1) is 12.1. The van der Waals surface area contributed by atoms with Crippen LogP contribution in [0.4, 0.5) is 4.39 Å². The summed E-state index contributed by atoms with van der Waals surface area (Å²) >= 11 is 0. The van der Waals surface area contributed by atoms with Crippen LogP contribution in [0.15, 0.2) is 28.8 Å². The number of aromatic nitrogens is 3. The van der Waals surface area contributed by atoms with Crippen molar-refractivity contribution in [1.82, 2.24) is 20.1 Å². The fourth-order valence-corrected chi connectivity index (χ4v) is 3.11. The highest BCUT2D eigenvalue weighted by molar-refractivity contribution is 5.89. The van der Waals surface area contributed by atoms with Gasteiger partial charge in [0.1, 0.15) is 11.9 Å². The van der Waals surface area contributed by atoms with Crippen molar-refractivity contribution < 1.29 is 18.3 Å². The van der Waals surface area contributed by atoms with Gasteiger partial charge in [-0.05, 0) is 23.8 Å². The fourth-order valence-electron chi connectivity index (χ4n) is 3.11. The number of H-pyrrole nitrogens is 1. The summed E-state index contributed by atoms with van der Waals surface area (Å²) in [6.45, 7) is 2.92. The zero-order chi connectivity index (χ0) is 17.4. The zero-order valence-electron chi connectivity index (χ0n) is 13.7. The maximum absolute atomic E-state index is 13.5. The Kier molecular flexibility index (Phi) is 3.96. The van der Waals surface area contributed by atoms with Crippen molar-refractivity contribution in [2.24, 2.45) is 0 Å². The van der Waals surface area contributed by atoms with Gasteiger partial charge in [-0.3, -0.25) is 4.79 Å². The second-order valence-electron chi connectivity index (χ2n) is 6.02. The van der Waals surface area contributed by atoms with Crippen LogP contribution in [-0.4, -0.2) is 45.7 Å². The molecule has 1 aliphatic heterocycles. The number of nitrogens with zero attached hydrogens (tertiary/aromatic N) is 3. The van der Waals surface area contributed by atoms with E-state index in [9.17, 15) is 9.18 Å². The topological polar surface area (TPSA) is 84.3 Å². The third-order valence-electron chi connectivity index (χ3n) is 4.35. The molecule has 1 saturated heterocycles. The number of carbonyl (C=O) groups excluding carboxylic acids is 1. The fraction of sp³-hybridized carbons (Fsp3) is 0.353. The number of carbonyl (C=O) groups is 1. The van der Waals surface area contributed by atoms with Gasteiger partial charge in [0.2, 0.25) is 17.7 Å². The number of morpholine rings is 1. The third-order valence-corrected chi connectivity index (χ3v) is 4.35. The minimum atomic E-state index is -0.399. The van der Waals surface area contributed by atoms with Gasteiger partial charge in [0, 0.05) is 30.6 Å². The van der Waals surface area contributed by atoms with Crippen molar-refractivity contribution in [2.45, 2.75) is 19.4 Å². The first-order valence-corrected chi connectivity index (χ1v) is 8.04. The SMILES string of the molecule is Cc1nnc([C@H]2COCCN2C(=O)Cc2c[nH]c3ccc(F)cc23)o1. The maximum atomic E-state index is 13.5. The van der Waals surface area contributed by atoms with Crippen LogP contribution >= 0.6 is 0 Å². The summed E-state index contributed by atoms with van der Waals surface area (Å²) in [5.74, 6) is 0.399. The molecule has 1 N–H and O–H groups in total. The lowest BCUT2D eigenvalue weighted by atomic mass is 10.1. The monoisotopic (exact) mass is 344 g/mol. The zero-order valence-corrected chi connectivity index (χ0v) is 13.7. The van der Waals surface area contributed by atoms with Gasteiger partial charge < -0.3 is 19.0 Å². The van der Waals surface area contributed by atoms with E-state index in [0.29, 0.717) is 36.9 Å². The van der Waals surface area contributed by atoms with Crippen molar-refractivity contribution >= 4 is 16.8 Å². The molecule has 0 spiro atoms. The summed E-state index contributed by atoms with van der Waals surface area (Å²) in [7, 11) is 0. The van der Waals surface area contributed by atoms with Crippen LogP contribution < -0.4 is 0 Å². The van der Waals surface area contributed by atoms with E-state index in [1.165, 1.54) is 12.1 Å². The Balaban J connectivity index is 1.59. The number of benzene rings is 1. The molecule has 8 heteroatoms. The molecule has 0 unspecified atom stereocenters. The van der Waals surface area contributed by atoms with E-state index in [0.717, 1.165) is 11.1 Å². The Morgan fingerprint density at radius 3 is 3.12 bits per heavy atom. The Labute approximate surface area is 142 Å². The molecule has 3 heterocycles. The largest absolute Gasteiger partial charge is 0.423 e. The lowest BCUT2D eigenvalue weighted by molar-refractivity contribution is -0.140. The van der Waals surface area contributed by atoms with E-state index < -0.39 is 6.04 Å². The number of rotatable bonds is 3. The second kappa shape index (κ2) is 6.29. The molecule has 25 heavy (non-hydrogen) atoms. The van der Waals surface area contributed by atoms with Crippen molar-refractivity contribution in [2.75, 3.05) is 19.8 Å². The quantitative estimate of drug-likeness (QED) is 0.787. The second-order valence-corrected chi connectivity index (χ2v) is 6.02. The molecular formula is C17H17FN4O3. The minimum absolute atomic E-state index is 0.0886. The molecule has 1 aliphatic rings. The maximum Gasteiger partial charge on any atom is 0.241 e. The molecule has 2 aromatic heterocycles. The number of halogens is 1. The predicted molar refractivity (Wildman–Crippen MR) is 86.3 cm³/mol. The Hall–Kier alpha value is -2.74. The van der Waals surface area contributed by atoms with Crippen molar-refractivity contribution in [3.8, 4) is 0 Å². The van der Waals surface area contributed by atoms with Gasteiger partial charge >= 0.3 is 0 Å². The van der Waals surface area contributed by atoms with Crippen molar-refractivity contribution in [3.05, 3.63) is 47.6 Å². The van der Waals surface area contributed by atoms with Crippen LogP contribution in [0.5, 0.6) is 0 Å². The number of nitrogens with one attached hydrogen (secondary N) is 1. The number of aromatic amines is 1. The van der Waals surface area contributed by atoms with Crippen molar-refractivity contribution in [1.29, 1.82) is 0 Å². The molecule has 1 amide bonds. The molecule has 130 valence electrons. The van der Waals surface area contributed by atoms with Gasteiger partial charge in [-0.1, -0.05) is 0 Å². The molecule has 3 aromatic rings. The van der Waals surface area contributed by atoms with Crippen LogP contribution in [0, 0.1) is 12.7 Å². The molecule has 4 rings (SSSR count). The van der Waals surface area contributed by atoms with Crippen molar-refractivity contribution in [3.63, 3.8) is 0 Å². The molecular weight excluding hydrogens is 327 g/mol. The van der Waals surface area contributed by atoms with E-state index in [1.54, 1.807) is 24.1 Å². The van der Waals surface area contributed by atoms with Gasteiger partial charge in [0.05, 0.1) is 19.6 Å². The van der Waals surface area contributed by atoms with Gasteiger partial charge in [-0.15, -0.1) is 10.2 Å². The molecule has 0 bridgehead atoms. The normalized spacial score (nSPS) is 18.0. The van der Waals surface area contributed by atoms with Gasteiger partial charge in [-0.2, -0.15) is 0 Å². The van der Waals surface area contributed by atoms with Gasteiger partial charge in [0.25, 0.3) is 0 Å². The first kappa shape index (κ1) is 15.8. The molecule has 1 aromatic carbocycles. The average molecular weight is 344 g/mol. The van der Waals surface area contributed by atoms with E-state index in [2.05, 4.69) is 15.2 Å². The number of hydrogen-bond donors (Lipinski definition) is 1. The van der Waals surface area contributed by atoms with E-state index >= 15 is 0 Å². The third kappa shape index (κ3) is 3.00. The number of amides is 1. The molecule has 0 radical (unpaired) electrons. The summed E-state index contributed by atoms with van der Waals surface area (Å²) in [5, 5.41) is 8.55. The Morgan fingerprint density at radius 2 is 2.32 bits per heavy atom. The summed E-state index contributed by atoms with van der Waals surface area (Å²) in [6.07, 6.45) is 1.90. The highest BCUT2D eigenvalue weighted by Gasteiger charge is 2.32. The highest BCUT2D eigenvalue weighted by Crippen LogP contribution is 2.26. The van der Waals surface area contributed by atoms with Crippen LogP contribution in [0.25, 0.3) is 10.9 Å². The van der Waals surface area contributed by atoms with Gasteiger partial charge in [-0.25, -0.2) is 4.39 Å². The average Bonchev–Trinajstić information content (AvgIpc) is 3.21.